The fourth-order valence-electron chi connectivity index (χ4n) is 3.00. The zero-order chi connectivity index (χ0) is 13.8. The van der Waals surface area contributed by atoms with E-state index in [1.54, 1.807) is 0 Å². The van der Waals surface area contributed by atoms with Gasteiger partial charge in [0.2, 0.25) is 0 Å². The Labute approximate surface area is 120 Å². The fourth-order valence-corrected chi connectivity index (χ4v) is 3.00. The lowest BCUT2D eigenvalue weighted by molar-refractivity contribution is -0.0430. The lowest BCUT2D eigenvalue weighted by atomic mass is 9.99. The SMILES string of the molecule is Cc1nccc(C2CN(CC3CCOCC3)CCO2)n1. The highest BCUT2D eigenvalue weighted by Gasteiger charge is 2.25. The normalized spacial score (nSPS) is 25.8. The second-order valence-electron chi connectivity index (χ2n) is 5.70. The Bertz CT molecular complexity index is 435. The number of aryl methyl sites for hydroxylation is 1. The van der Waals surface area contributed by atoms with Crippen LogP contribution in [0.3, 0.4) is 0 Å². The molecule has 2 aliphatic rings. The van der Waals surface area contributed by atoms with Crippen LogP contribution in [-0.4, -0.2) is 54.3 Å². The predicted octanol–water partition coefficient (Wildman–Crippen LogP) is 1.58. The van der Waals surface area contributed by atoms with Crippen molar-refractivity contribution in [1.82, 2.24) is 14.9 Å². The maximum Gasteiger partial charge on any atom is 0.125 e. The molecule has 3 rings (SSSR count). The highest BCUT2D eigenvalue weighted by molar-refractivity contribution is 5.06. The molecule has 20 heavy (non-hydrogen) atoms. The number of hydrogen-bond donors (Lipinski definition) is 0. The van der Waals surface area contributed by atoms with Crippen LogP contribution < -0.4 is 0 Å². The van der Waals surface area contributed by atoms with Gasteiger partial charge in [0, 0.05) is 39.0 Å². The van der Waals surface area contributed by atoms with Crippen molar-refractivity contribution in [3.63, 3.8) is 0 Å². The second kappa shape index (κ2) is 6.61. The van der Waals surface area contributed by atoms with Gasteiger partial charge in [0.1, 0.15) is 11.9 Å². The maximum atomic E-state index is 5.88. The Morgan fingerprint density at radius 1 is 1.30 bits per heavy atom. The van der Waals surface area contributed by atoms with Gasteiger partial charge in [0.25, 0.3) is 0 Å². The lowest BCUT2D eigenvalue weighted by Gasteiger charge is -2.35. The third-order valence-electron chi connectivity index (χ3n) is 4.14. The van der Waals surface area contributed by atoms with Crippen LogP contribution in [-0.2, 0) is 9.47 Å². The Kier molecular flexibility index (Phi) is 4.60. The van der Waals surface area contributed by atoms with Crippen molar-refractivity contribution >= 4 is 0 Å². The number of hydrogen-bond acceptors (Lipinski definition) is 5. The van der Waals surface area contributed by atoms with Gasteiger partial charge < -0.3 is 9.47 Å². The van der Waals surface area contributed by atoms with E-state index in [9.17, 15) is 0 Å². The van der Waals surface area contributed by atoms with E-state index in [4.69, 9.17) is 9.47 Å². The fraction of sp³-hybridized carbons (Fsp3) is 0.733. The van der Waals surface area contributed by atoms with E-state index in [1.165, 1.54) is 12.8 Å². The van der Waals surface area contributed by atoms with E-state index < -0.39 is 0 Å². The summed E-state index contributed by atoms with van der Waals surface area (Å²) in [5.41, 5.74) is 1.01. The molecule has 5 heteroatoms. The average molecular weight is 277 g/mol. The van der Waals surface area contributed by atoms with Gasteiger partial charge >= 0.3 is 0 Å². The number of morpholine rings is 1. The number of aromatic nitrogens is 2. The summed E-state index contributed by atoms with van der Waals surface area (Å²) in [6.07, 6.45) is 4.28. The molecule has 1 atom stereocenters. The average Bonchev–Trinajstić information content (AvgIpc) is 2.49. The molecular weight excluding hydrogens is 254 g/mol. The minimum atomic E-state index is 0.0882. The molecule has 0 aliphatic carbocycles. The zero-order valence-electron chi connectivity index (χ0n) is 12.1. The molecule has 3 heterocycles. The van der Waals surface area contributed by atoms with Crippen LogP contribution in [0.5, 0.6) is 0 Å². The number of nitrogens with zero attached hydrogens (tertiary/aromatic N) is 3. The van der Waals surface area contributed by atoms with Gasteiger partial charge in [-0.25, -0.2) is 9.97 Å². The highest BCUT2D eigenvalue weighted by Crippen LogP contribution is 2.23. The first-order valence-corrected chi connectivity index (χ1v) is 7.52. The molecule has 0 amide bonds. The van der Waals surface area contributed by atoms with Crippen molar-refractivity contribution in [2.45, 2.75) is 25.9 Å². The Morgan fingerprint density at radius 2 is 2.15 bits per heavy atom. The molecular formula is C15H23N3O2. The molecule has 2 saturated heterocycles. The summed E-state index contributed by atoms with van der Waals surface area (Å²) in [7, 11) is 0. The molecule has 0 spiro atoms. The Morgan fingerprint density at radius 3 is 2.95 bits per heavy atom. The van der Waals surface area contributed by atoms with Crippen molar-refractivity contribution in [1.29, 1.82) is 0 Å². The summed E-state index contributed by atoms with van der Waals surface area (Å²) < 4.78 is 11.3. The molecule has 110 valence electrons. The number of ether oxygens (including phenoxy) is 2. The molecule has 1 aromatic heterocycles. The Balaban J connectivity index is 1.58. The van der Waals surface area contributed by atoms with Crippen molar-refractivity contribution < 1.29 is 9.47 Å². The van der Waals surface area contributed by atoms with Crippen LogP contribution in [0.1, 0.15) is 30.5 Å². The molecule has 0 radical (unpaired) electrons. The zero-order valence-corrected chi connectivity index (χ0v) is 12.1. The molecule has 0 aromatic carbocycles. The second-order valence-corrected chi connectivity index (χ2v) is 5.70. The van der Waals surface area contributed by atoms with Crippen LogP contribution in [0, 0.1) is 12.8 Å². The molecule has 0 bridgehead atoms. The van der Waals surface area contributed by atoms with Crippen LogP contribution >= 0.6 is 0 Å². The van der Waals surface area contributed by atoms with E-state index in [-0.39, 0.29) is 6.10 Å². The van der Waals surface area contributed by atoms with Crippen LogP contribution in [0.4, 0.5) is 0 Å². The first-order chi connectivity index (χ1) is 9.81. The lowest BCUT2D eigenvalue weighted by Crippen LogP contribution is -2.42. The quantitative estimate of drug-likeness (QED) is 0.839. The van der Waals surface area contributed by atoms with Gasteiger partial charge in [0.05, 0.1) is 12.3 Å². The van der Waals surface area contributed by atoms with Gasteiger partial charge in [-0.15, -0.1) is 0 Å². The van der Waals surface area contributed by atoms with Crippen molar-refractivity contribution in [2.24, 2.45) is 5.92 Å². The Hall–Kier alpha value is -1.04. The smallest absolute Gasteiger partial charge is 0.125 e. The van der Waals surface area contributed by atoms with E-state index >= 15 is 0 Å². The van der Waals surface area contributed by atoms with Gasteiger partial charge in [-0.1, -0.05) is 0 Å². The molecule has 1 aromatic rings. The molecule has 2 aliphatic heterocycles. The van der Waals surface area contributed by atoms with Crippen molar-refractivity contribution in [2.75, 3.05) is 39.5 Å². The molecule has 0 N–H and O–H groups in total. The van der Waals surface area contributed by atoms with Gasteiger partial charge in [0.15, 0.2) is 0 Å². The topological polar surface area (TPSA) is 47.5 Å². The van der Waals surface area contributed by atoms with Gasteiger partial charge in [-0.2, -0.15) is 0 Å². The predicted molar refractivity (Wildman–Crippen MR) is 75.4 cm³/mol. The van der Waals surface area contributed by atoms with Crippen LogP contribution in [0.2, 0.25) is 0 Å². The van der Waals surface area contributed by atoms with Crippen molar-refractivity contribution in [3.8, 4) is 0 Å². The summed E-state index contributed by atoms with van der Waals surface area (Å²) in [5.74, 6) is 1.59. The summed E-state index contributed by atoms with van der Waals surface area (Å²) in [6, 6.07) is 1.97. The standard InChI is InChI=1S/C15H23N3O2/c1-12-16-5-2-14(17-12)15-11-18(6-9-20-15)10-13-3-7-19-8-4-13/h2,5,13,15H,3-4,6-11H2,1H3. The largest absolute Gasteiger partial charge is 0.381 e. The monoisotopic (exact) mass is 277 g/mol. The maximum absolute atomic E-state index is 5.88. The third kappa shape index (κ3) is 3.53. The minimum absolute atomic E-state index is 0.0882. The molecule has 1 unspecified atom stereocenters. The minimum Gasteiger partial charge on any atom is -0.381 e. The van der Waals surface area contributed by atoms with Crippen molar-refractivity contribution in [3.05, 3.63) is 23.8 Å². The molecule has 2 fully saturated rings. The van der Waals surface area contributed by atoms with Gasteiger partial charge in [-0.3, -0.25) is 4.90 Å². The van der Waals surface area contributed by atoms with Gasteiger partial charge in [-0.05, 0) is 31.7 Å². The van der Waals surface area contributed by atoms with Crippen LogP contribution in [0.25, 0.3) is 0 Å². The van der Waals surface area contributed by atoms with E-state index in [0.717, 1.165) is 56.9 Å². The molecule has 5 nitrogen and oxygen atoms in total. The first kappa shape index (κ1) is 13.9. The van der Waals surface area contributed by atoms with E-state index in [1.807, 2.05) is 19.2 Å². The first-order valence-electron chi connectivity index (χ1n) is 7.52. The van der Waals surface area contributed by atoms with Crippen LogP contribution in [0.15, 0.2) is 12.3 Å². The summed E-state index contributed by atoms with van der Waals surface area (Å²) in [6.45, 7) is 7.68. The summed E-state index contributed by atoms with van der Waals surface area (Å²) >= 11 is 0. The molecule has 0 saturated carbocycles. The summed E-state index contributed by atoms with van der Waals surface area (Å²) in [4.78, 5) is 11.2. The third-order valence-corrected chi connectivity index (χ3v) is 4.14. The summed E-state index contributed by atoms with van der Waals surface area (Å²) in [5, 5.41) is 0. The van der Waals surface area contributed by atoms with E-state index in [0.29, 0.717) is 0 Å². The number of rotatable bonds is 3. The van der Waals surface area contributed by atoms with E-state index in [2.05, 4.69) is 14.9 Å². The highest BCUT2D eigenvalue weighted by atomic mass is 16.5.